The lowest BCUT2D eigenvalue weighted by Crippen LogP contribution is -2.67. The van der Waals surface area contributed by atoms with Crippen molar-refractivity contribution in [2.45, 2.75) is 43.1 Å². The van der Waals surface area contributed by atoms with Crippen LogP contribution in [0.4, 0.5) is 28.2 Å². The van der Waals surface area contributed by atoms with Crippen molar-refractivity contribution in [2.24, 2.45) is 5.92 Å². The molecular weight excluding hydrogens is 452 g/mol. The first kappa shape index (κ1) is 22.9. The highest BCUT2D eigenvalue weighted by molar-refractivity contribution is 5.95. The molecule has 2 aliphatic carbocycles. The second-order valence-corrected chi connectivity index (χ2v) is 9.84. The Kier molecular flexibility index (Phi) is 5.27. The highest BCUT2D eigenvalue weighted by Gasteiger charge is 2.65. The minimum Gasteiger partial charge on any atom is -0.404 e. The van der Waals surface area contributed by atoms with Crippen LogP contribution in [0.25, 0.3) is 0 Å². The van der Waals surface area contributed by atoms with Crippen LogP contribution in [-0.4, -0.2) is 59.9 Å². The quantitative estimate of drug-likeness (QED) is 0.562. The van der Waals surface area contributed by atoms with Gasteiger partial charge in [0.1, 0.15) is 17.4 Å². The van der Waals surface area contributed by atoms with Crippen LogP contribution in [0.5, 0.6) is 5.75 Å². The fraction of sp³-hybridized carbons (Fsp3) is 0.500. The monoisotopic (exact) mass is 478 g/mol. The van der Waals surface area contributed by atoms with Crippen molar-refractivity contribution < 1.29 is 27.1 Å². The molecule has 5 rings (SSSR count). The third-order valence-electron chi connectivity index (χ3n) is 7.32. The molecule has 3 aliphatic rings. The summed E-state index contributed by atoms with van der Waals surface area (Å²) in [7, 11) is 3.91. The van der Waals surface area contributed by atoms with E-state index in [4.69, 9.17) is 0 Å². The van der Waals surface area contributed by atoms with Gasteiger partial charge in [-0.2, -0.15) is 0 Å². The zero-order valence-electron chi connectivity index (χ0n) is 19.0. The zero-order valence-corrected chi connectivity index (χ0v) is 19.0. The van der Waals surface area contributed by atoms with Crippen LogP contribution in [0.3, 0.4) is 0 Å². The van der Waals surface area contributed by atoms with Gasteiger partial charge in [-0.25, -0.2) is 14.2 Å². The van der Waals surface area contributed by atoms with Crippen LogP contribution >= 0.6 is 0 Å². The summed E-state index contributed by atoms with van der Waals surface area (Å²) < 4.78 is 55.4. The number of ether oxygens (including phenoxy) is 1. The number of halogens is 4. The molecule has 3 fully saturated rings. The van der Waals surface area contributed by atoms with Crippen molar-refractivity contribution in [1.82, 2.24) is 14.8 Å². The Hall–Kier alpha value is -2.88. The van der Waals surface area contributed by atoms with Gasteiger partial charge in [-0.15, -0.1) is 13.2 Å². The molecule has 2 saturated carbocycles. The third-order valence-corrected chi connectivity index (χ3v) is 7.32. The molecule has 1 spiro atoms. The normalized spacial score (nSPS) is 27.0. The average Bonchev–Trinajstić information content (AvgIpc) is 3.50. The molecule has 0 bridgehead atoms. The van der Waals surface area contributed by atoms with Gasteiger partial charge in [0.2, 0.25) is 0 Å². The first-order chi connectivity index (χ1) is 16.0. The molecule has 1 saturated heterocycles. The predicted molar refractivity (Wildman–Crippen MR) is 117 cm³/mol. The van der Waals surface area contributed by atoms with E-state index in [9.17, 15) is 22.4 Å². The molecule has 0 N–H and O–H groups in total. The topological polar surface area (TPSA) is 48.9 Å². The summed E-state index contributed by atoms with van der Waals surface area (Å²) in [5.74, 6) is 0.00273. The fourth-order valence-electron chi connectivity index (χ4n) is 5.43. The lowest BCUT2D eigenvalue weighted by atomic mass is 9.58. The maximum absolute atomic E-state index is 14.0. The van der Waals surface area contributed by atoms with E-state index in [1.807, 2.05) is 25.1 Å². The fourth-order valence-corrected chi connectivity index (χ4v) is 5.43. The Morgan fingerprint density at radius 1 is 1.18 bits per heavy atom. The first-order valence-electron chi connectivity index (χ1n) is 11.3. The van der Waals surface area contributed by atoms with Crippen LogP contribution in [0.15, 0.2) is 42.6 Å². The molecule has 1 aliphatic heterocycles. The number of pyridine rings is 1. The number of urea groups is 1. The molecule has 2 amide bonds. The van der Waals surface area contributed by atoms with E-state index in [2.05, 4.69) is 14.6 Å². The van der Waals surface area contributed by atoms with E-state index in [0.717, 1.165) is 30.7 Å². The summed E-state index contributed by atoms with van der Waals surface area (Å²) in [6.45, 7) is 1.01. The smallest absolute Gasteiger partial charge is 0.404 e. The number of hydrogen-bond donors (Lipinski definition) is 0. The number of anilines is 1. The molecule has 2 heterocycles. The molecule has 2 aromatic rings. The molecule has 10 heteroatoms. The van der Waals surface area contributed by atoms with Gasteiger partial charge in [0, 0.05) is 6.54 Å². The summed E-state index contributed by atoms with van der Waals surface area (Å²) in [6.07, 6.45) is -0.434. The van der Waals surface area contributed by atoms with E-state index in [0.29, 0.717) is 31.8 Å². The number of alkyl halides is 3. The summed E-state index contributed by atoms with van der Waals surface area (Å²) in [6, 6.07) is 8.91. The lowest BCUT2D eigenvalue weighted by Gasteiger charge is -2.60. The van der Waals surface area contributed by atoms with Gasteiger partial charge in [-0.1, -0.05) is 12.1 Å². The highest BCUT2D eigenvalue weighted by atomic mass is 19.4. The largest absolute Gasteiger partial charge is 0.573 e. The SMILES string of the molecule is CN(C)C1(c2cccc(F)c2)CC2(CN(c3ccc(OC(F)(F)F)cn3)C(=O)N2CC2CC2)C1. The molecule has 0 unspecified atom stereocenters. The minimum atomic E-state index is -4.81. The van der Waals surface area contributed by atoms with Crippen molar-refractivity contribution in [2.75, 3.05) is 32.1 Å². The maximum Gasteiger partial charge on any atom is 0.573 e. The summed E-state index contributed by atoms with van der Waals surface area (Å²) in [5, 5.41) is 0. The van der Waals surface area contributed by atoms with Gasteiger partial charge < -0.3 is 9.64 Å². The summed E-state index contributed by atoms with van der Waals surface area (Å²) in [5.41, 5.74) is -0.0101. The number of benzene rings is 1. The Morgan fingerprint density at radius 3 is 2.47 bits per heavy atom. The Balaban J connectivity index is 1.43. The number of aromatic nitrogens is 1. The Bertz CT molecular complexity index is 1080. The van der Waals surface area contributed by atoms with Crippen LogP contribution in [-0.2, 0) is 5.54 Å². The van der Waals surface area contributed by atoms with Crippen molar-refractivity contribution in [3.05, 3.63) is 54.0 Å². The number of carbonyl (C=O) groups excluding carboxylic acids is 1. The number of amides is 2. The molecule has 0 atom stereocenters. The Labute approximate surface area is 195 Å². The maximum atomic E-state index is 14.0. The minimum absolute atomic E-state index is 0.199. The van der Waals surface area contributed by atoms with Gasteiger partial charge in [0.15, 0.2) is 0 Å². The van der Waals surface area contributed by atoms with E-state index in [1.54, 1.807) is 12.1 Å². The molecule has 182 valence electrons. The van der Waals surface area contributed by atoms with Gasteiger partial charge in [-0.3, -0.25) is 9.80 Å². The van der Waals surface area contributed by atoms with Crippen molar-refractivity contribution >= 4 is 11.8 Å². The van der Waals surface area contributed by atoms with Gasteiger partial charge in [-0.05, 0) is 75.5 Å². The second kappa shape index (κ2) is 7.83. The van der Waals surface area contributed by atoms with Gasteiger partial charge in [0.25, 0.3) is 0 Å². The van der Waals surface area contributed by atoms with Crippen LogP contribution < -0.4 is 9.64 Å². The Morgan fingerprint density at radius 2 is 1.91 bits per heavy atom. The molecular formula is C24H26F4N4O2. The molecule has 6 nitrogen and oxygen atoms in total. The summed E-state index contributed by atoms with van der Waals surface area (Å²) in [4.78, 5) is 23.1. The lowest BCUT2D eigenvalue weighted by molar-refractivity contribution is -0.274. The molecule has 0 radical (unpaired) electrons. The summed E-state index contributed by atoms with van der Waals surface area (Å²) >= 11 is 0. The number of rotatable bonds is 6. The van der Waals surface area contributed by atoms with Crippen molar-refractivity contribution in [3.8, 4) is 5.75 Å². The van der Waals surface area contributed by atoms with E-state index in [-0.39, 0.29) is 17.7 Å². The standard InChI is InChI=1S/C24H26F4N4O2/c1-30(2)23(17-4-3-5-18(25)10-17)13-22(14-23)15-31(21(33)32(22)12-16-6-7-16)20-9-8-19(11-29-20)34-24(26,27)28/h3-5,8-11,16H,6-7,12-15H2,1-2H3. The highest BCUT2D eigenvalue weighted by Crippen LogP contribution is 2.57. The zero-order chi connectivity index (χ0) is 24.3. The van der Waals surface area contributed by atoms with E-state index in [1.165, 1.54) is 17.0 Å². The molecule has 34 heavy (non-hydrogen) atoms. The van der Waals surface area contributed by atoms with Crippen molar-refractivity contribution in [1.29, 1.82) is 0 Å². The average molecular weight is 478 g/mol. The van der Waals surface area contributed by atoms with Crippen LogP contribution in [0.1, 0.15) is 31.2 Å². The van der Waals surface area contributed by atoms with Gasteiger partial charge in [0.05, 0.1) is 23.8 Å². The second-order valence-electron chi connectivity index (χ2n) is 9.84. The van der Waals surface area contributed by atoms with Crippen LogP contribution in [0.2, 0.25) is 0 Å². The van der Waals surface area contributed by atoms with Crippen LogP contribution in [0, 0.1) is 11.7 Å². The number of hydrogen-bond acceptors (Lipinski definition) is 4. The molecule has 1 aromatic carbocycles. The van der Waals surface area contributed by atoms with Gasteiger partial charge >= 0.3 is 12.4 Å². The van der Waals surface area contributed by atoms with E-state index >= 15 is 0 Å². The third kappa shape index (κ3) is 3.97. The first-order valence-corrected chi connectivity index (χ1v) is 11.3. The molecule has 1 aromatic heterocycles. The number of nitrogens with zero attached hydrogens (tertiary/aromatic N) is 4. The van der Waals surface area contributed by atoms with E-state index < -0.39 is 23.2 Å². The number of carbonyl (C=O) groups is 1. The predicted octanol–water partition coefficient (Wildman–Crippen LogP) is 4.76. The van der Waals surface area contributed by atoms with Crippen molar-refractivity contribution in [3.63, 3.8) is 0 Å².